The van der Waals surface area contributed by atoms with Crippen molar-refractivity contribution in [2.24, 2.45) is 0 Å². The fourth-order valence-corrected chi connectivity index (χ4v) is 0.543. The van der Waals surface area contributed by atoms with E-state index < -0.39 is 53.9 Å². The molecule has 134 valence electrons. The van der Waals surface area contributed by atoms with Crippen LogP contribution in [0.25, 0.3) is 0 Å². The van der Waals surface area contributed by atoms with E-state index in [1.807, 2.05) is 0 Å². The number of rotatable bonds is 2. The first-order valence-electron chi connectivity index (χ1n) is 4.98. The van der Waals surface area contributed by atoms with E-state index in [0.717, 1.165) is 13.8 Å². The fourth-order valence-electron chi connectivity index (χ4n) is 0.543. The molecule has 13 heteroatoms. The third-order valence-corrected chi connectivity index (χ3v) is 1.24. The normalized spacial score (nSPS) is 12.2. The molecular weight excluding hydrogens is 426 g/mol. The number of carbonyl (C=O) groups excluding carboxylic acids is 2. The number of ketones is 2. The second kappa shape index (κ2) is 11.8. The van der Waals surface area contributed by atoms with Crippen LogP contribution in [0.15, 0.2) is 23.7 Å². The topological polar surface area (TPSA) is 109 Å². The van der Waals surface area contributed by atoms with Gasteiger partial charge in [0.2, 0.25) is 0 Å². The van der Waals surface area contributed by atoms with Crippen LogP contribution in [0.4, 0.5) is 26.3 Å². The van der Waals surface area contributed by atoms with Gasteiger partial charge >= 0.3 is 37.6 Å². The average Bonchev–Trinajstić information content (AvgIpc) is 2.26. The van der Waals surface area contributed by atoms with E-state index in [-0.39, 0.29) is 12.2 Å². The van der Waals surface area contributed by atoms with Crippen LogP contribution >= 0.6 is 0 Å². The summed E-state index contributed by atoms with van der Waals surface area (Å²) in [6, 6.07) is 0. The van der Waals surface area contributed by atoms with Crippen molar-refractivity contribution < 1.29 is 71.4 Å². The number of aliphatic hydroxyl groups is 2. The zero-order valence-electron chi connectivity index (χ0n) is 11.4. The maximum atomic E-state index is 11.3. The Hall–Kier alpha value is -1.71. The predicted molar refractivity (Wildman–Crippen MR) is 56.3 cm³/mol. The molecule has 0 aliphatic carbocycles. The van der Waals surface area contributed by atoms with E-state index in [4.69, 9.17) is 17.0 Å². The van der Waals surface area contributed by atoms with Gasteiger partial charge in [-0.15, -0.1) is 0 Å². The molecule has 0 rings (SSSR count). The zero-order valence-corrected chi connectivity index (χ0v) is 13.4. The summed E-state index contributed by atoms with van der Waals surface area (Å²) in [6.45, 7) is 1.98. The number of hydrogen-bond donors (Lipinski definition) is 2. The minimum absolute atomic E-state index is 0.125. The van der Waals surface area contributed by atoms with Crippen LogP contribution in [0.2, 0.25) is 0 Å². The van der Waals surface area contributed by atoms with E-state index in [2.05, 4.69) is 0 Å². The summed E-state index contributed by atoms with van der Waals surface area (Å²) in [5.74, 6) is -5.40. The van der Waals surface area contributed by atoms with E-state index in [1.165, 1.54) is 0 Å². The Morgan fingerprint density at radius 1 is 0.783 bits per heavy atom. The quantitative estimate of drug-likeness (QED) is 0.298. The molecule has 0 spiro atoms. The second-order valence-electron chi connectivity index (χ2n) is 3.36. The maximum absolute atomic E-state index is 11.3. The third kappa shape index (κ3) is 20.3. The molecule has 0 heterocycles. The van der Waals surface area contributed by atoms with Crippen molar-refractivity contribution in [2.45, 2.75) is 26.2 Å². The fraction of sp³-hybridized carbons (Fsp3) is 0.400. The molecule has 0 aromatic carbocycles. The molecule has 0 saturated carbocycles. The summed E-state index contributed by atoms with van der Waals surface area (Å²) >= 11 is -2.03. The van der Waals surface area contributed by atoms with E-state index in [9.17, 15) is 35.9 Å². The summed E-state index contributed by atoms with van der Waals surface area (Å²) in [7, 11) is 0. The van der Waals surface area contributed by atoms with Gasteiger partial charge in [-0.25, -0.2) is 0 Å². The van der Waals surface area contributed by atoms with Crippen LogP contribution in [-0.4, -0.2) is 34.1 Å². The number of alkyl halides is 6. The Morgan fingerprint density at radius 2 is 0.957 bits per heavy atom. The summed E-state index contributed by atoms with van der Waals surface area (Å²) < 4.78 is 84.8. The SMILES string of the molecule is C/C(O)=C/C(=O)C(F)(F)F.C/C(O)=C/C(=O)C(F)(F)F.[O]=[Mo]=[O]. The summed E-state index contributed by atoms with van der Waals surface area (Å²) in [6.07, 6.45) is -9.52. The predicted octanol–water partition coefficient (Wildman–Crippen LogP) is 2.92. The van der Waals surface area contributed by atoms with Crippen molar-refractivity contribution in [1.29, 1.82) is 0 Å². The average molecular weight is 436 g/mol. The molecule has 0 aromatic rings. The first-order valence-corrected chi connectivity index (χ1v) is 6.62. The van der Waals surface area contributed by atoms with E-state index in [0.29, 0.717) is 0 Å². The van der Waals surface area contributed by atoms with Crippen LogP contribution in [0.5, 0.6) is 0 Å². The van der Waals surface area contributed by atoms with Crippen LogP contribution in [-0.2, 0) is 34.9 Å². The molecule has 0 bridgehead atoms. The molecule has 0 saturated heterocycles. The molecular formula is C10H10F6MoO6. The first kappa shape index (κ1) is 26.2. The van der Waals surface area contributed by atoms with Gasteiger partial charge in [-0.3, -0.25) is 9.59 Å². The van der Waals surface area contributed by atoms with Gasteiger partial charge in [-0.05, 0) is 13.8 Å². The second-order valence-corrected chi connectivity index (χ2v) is 3.70. The van der Waals surface area contributed by atoms with Crippen LogP contribution in [0, 0.1) is 0 Å². The van der Waals surface area contributed by atoms with Crippen LogP contribution < -0.4 is 0 Å². The molecule has 0 aliphatic rings. The molecule has 0 atom stereocenters. The summed E-state index contributed by atoms with van der Waals surface area (Å²) in [5, 5.41) is 16.5. The molecule has 0 radical (unpaired) electrons. The van der Waals surface area contributed by atoms with Gasteiger partial charge in [-0.2, -0.15) is 26.3 Å². The van der Waals surface area contributed by atoms with E-state index >= 15 is 0 Å². The molecule has 0 aromatic heterocycles. The first-order chi connectivity index (χ1) is 10.1. The van der Waals surface area contributed by atoms with Gasteiger partial charge in [-0.1, -0.05) is 0 Å². The van der Waals surface area contributed by atoms with Crippen LogP contribution in [0.1, 0.15) is 13.8 Å². The van der Waals surface area contributed by atoms with Crippen molar-refractivity contribution in [1.82, 2.24) is 0 Å². The van der Waals surface area contributed by atoms with Gasteiger partial charge < -0.3 is 10.2 Å². The van der Waals surface area contributed by atoms with Gasteiger partial charge in [0.25, 0.3) is 11.6 Å². The Bertz CT molecular complexity index is 451. The van der Waals surface area contributed by atoms with Gasteiger partial charge in [0.1, 0.15) is 0 Å². The Morgan fingerprint density at radius 3 is 1.00 bits per heavy atom. The molecule has 0 unspecified atom stereocenters. The standard InChI is InChI=1S/2C5H5F3O2.Mo.2O/c2*1-3(9)2-4(10)5(6,7)8;;;/h2*2,9H,1H3;;;/b2*3-2-;;;. The minimum atomic E-state index is -4.88. The number of aliphatic hydroxyl groups excluding tert-OH is 2. The van der Waals surface area contributed by atoms with Crippen molar-refractivity contribution in [3.05, 3.63) is 23.7 Å². The van der Waals surface area contributed by atoms with Crippen LogP contribution in [0.3, 0.4) is 0 Å². The number of halogens is 6. The third-order valence-electron chi connectivity index (χ3n) is 1.24. The van der Waals surface area contributed by atoms with Crippen molar-refractivity contribution in [2.75, 3.05) is 0 Å². The molecule has 6 nitrogen and oxygen atoms in total. The Kier molecular flexibility index (Phi) is 13.4. The molecule has 23 heavy (non-hydrogen) atoms. The Balaban J connectivity index is -0.000000297. The van der Waals surface area contributed by atoms with Gasteiger partial charge in [0.05, 0.1) is 11.5 Å². The van der Waals surface area contributed by atoms with Crippen molar-refractivity contribution in [3.63, 3.8) is 0 Å². The van der Waals surface area contributed by atoms with E-state index in [1.54, 1.807) is 0 Å². The number of hydrogen-bond acceptors (Lipinski definition) is 6. The molecule has 0 aliphatic heterocycles. The zero-order chi connectivity index (χ0) is 19.4. The van der Waals surface area contributed by atoms with Crippen molar-refractivity contribution >= 4 is 11.6 Å². The van der Waals surface area contributed by atoms with Gasteiger partial charge in [0, 0.05) is 12.2 Å². The number of carbonyl (C=O) groups is 2. The Labute approximate surface area is 133 Å². The molecule has 0 amide bonds. The van der Waals surface area contributed by atoms with Crippen molar-refractivity contribution in [3.8, 4) is 0 Å². The summed E-state index contributed by atoms with van der Waals surface area (Å²) in [5.41, 5.74) is 0. The molecule has 0 fully saturated rings. The van der Waals surface area contributed by atoms with Gasteiger partial charge in [0.15, 0.2) is 0 Å². The monoisotopic (exact) mass is 438 g/mol. The summed E-state index contributed by atoms with van der Waals surface area (Å²) in [4.78, 5) is 19.8. The number of allylic oxidation sites excluding steroid dienone is 4. The molecule has 2 N–H and O–H groups in total.